The second-order valence-electron chi connectivity index (χ2n) is 8.86. The van der Waals surface area contributed by atoms with Crippen LogP contribution < -0.4 is 10.2 Å². The lowest BCUT2D eigenvalue weighted by atomic mass is 9.95. The first-order valence-corrected chi connectivity index (χ1v) is 11.5. The predicted molar refractivity (Wildman–Crippen MR) is 137 cm³/mol. The number of para-hydroxylation sites is 1. The summed E-state index contributed by atoms with van der Waals surface area (Å²) >= 11 is 0. The molecule has 1 atom stereocenters. The number of benzene rings is 3. The first kappa shape index (κ1) is 20.4. The van der Waals surface area contributed by atoms with Gasteiger partial charge in [-0.1, -0.05) is 30.3 Å². The molecular weight excluding hydrogens is 422 g/mol. The van der Waals surface area contributed by atoms with Gasteiger partial charge in [0.1, 0.15) is 0 Å². The van der Waals surface area contributed by atoms with Crippen LogP contribution in [0.5, 0.6) is 0 Å². The van der Waals surface area contributed by atoms with Crippen molar-refractivity contribution >= 4 is 39.2 Å². The van der Waals surface area contributed by atoms with Gasteiger partial charge in [0.15, 0.2) is 0 Å². The van der Waals surface area contributed by atoms with Gasteiger partial charge in [-0.2, -0.15) is 0 Å². The number of amides is 1. The number of fused-ring (bicyclic) bond motifs is 3. The molecule has 1 aliphatic rings. The lowest BCUT2D eigenvalue weighted by Gasteiger charge is -2.34. The van der Waals surface area contributed by atoms with Crippen molar-refractivity contribution in [2.45, 2.75) is 19.4 Å². The second kappa shape index (κ2) is 7.99. The Balaban J connectivity index is 1.44. The Morgan fingerprint density at radius 1 is 1.03 bits per heavy atom. The largest absolute Gasteiger partial charge is 0.378 e. The highest BCUT2D eigenvalue weighted by molar-refractivity contribution is 5.97. The first-order chi connectivity index (χ1) is 16.6. The van der Waals surface area contributed by atoms with Gasteiger partial charge in [-0.25, -0.2) is 0 Å². The fourth-order valence-electron chi connectivity index (χ4n) is 5.05. The minimum atomic E-state index is 0.0743. The van der Waals surface area contributed by atoms with E-state index in [1.165, 1.54) is 10.9 Å². The maximum atomic E-state index is 12.2. The molecule has 168 valence electrons. The molecule has 0 bridgehead atoms. The number of hydrogen-bond donors (Lipinski definition) is 1. The summed E-state index contributed by atoms with van der Waals surface area (Å²) in [6, 6.07) is 21.1. The Hall–Kier alpha value is -4.19. The molecule has 0 saturated carbocycles. The van der Waals surface area contributed by atoms with Gasteiger partial charge >= 0.3 is 0 Å². The Labute approximate surface area is 197 Å². The number of aryl methyl sites for hydroxylation is 1. The van der Waals surface area contributed by atoms with Crippen LogP contribution in [0.15, 0.2) is 79.3 Å². The van der Waals surface area contributed by atoms with Gasteiger partial charge in [-0.3, -0.25) is 14.8 Å². The molecule has 1 aliphatic heterocycles. The van der Waals surface area contributed by atoms with Crippen molar-refractivity contribution in [1.82, 2.24) is 14.5 Å². The van der Waals surface area contributed by atoms with E-state index in [0.717, 1.165) is 45.5 Å². The Kier molecular flexibility index (Phi) is 4.80. The van der Waals surface area contributed by atoms with Crippen LogP contribution in [0, 0.1) is 0 Å². The molecule has 1 amide bonds. The van der Waals surface area contributed by atoms with E-state index in [2.05, 4.69) is 75.6 Å². The third-order valence-electron chi connectivity index (χ3n) is 6.74. The number of carbonyl (C=O) groups excluding carboxylic acids is 1. The molecule has 1 unspecified atom stereocenters. The Bertz CT molecular complexity index is 1550. The average molecular weight is 448 g/mol. The van der Waals surface area contributed by atoms with Gasteiger partial charge < -0.3 is 14.8 Å². The number of nitrogens with one attached hydrogen (secondary N) is 1. The van der Waals surface area contributed by atoms with Crippen LogP contribution in [0.2, 0.25) is 0 Å². The smallest absolute Gasteiger partial charge is 0.223 e. The number of rotatable bonds is 3. The van der Waals surface area contributed by atoms with E-state index in [4.69, 9.17) is 0 Å². The van der Waals surface area contributed by atoms with Crippen LogP contribution in [0.4, 0.5) is 11.4 Å². The van der Waals surface area contributed by atoms with Crippen molar-refractivity contribution in [1.29, 1.82) is 0 Å². The van der Waals surface area contributed by atoms with Crippen LogP contribution in [0.1, 0.15) is 24.9 Å². The number of hydrogen-bond acceptors (Lipinski definition) is 4. The molecule has 3 aromatic carbocycles. The van der Waals surface area contributed by atoms with E-state index >= 15 is 0 Å². The van der Waals surface area contributed by atoms with E-state index in [1.54, 1.807) is 19.3 Å². The maximum Gasteiger partial charge on any atom is 0.223 e. The number of anilines is 2. The zero-order chi connectivity index (χ0) is 23.2. The lowest BCUT2D eigenvalue weighted by molar-refractivity contribution is -0.116. The van der Waals surface area contributed by atoms with Crippen molar-refractivity contribution in [3.8, 4) is 11.1 Å². The zero-order valence-corrected chi connectivity index (χ0v) is 19.2. The third kappa shape index (κ3) is 3.39. The molecule has 6 nitrogen and oxygen atoms in total. The molecule has 3 heterocycles. The van der Waals surface area contributed by atoms with Crippen molar-refractivity contribution in [2.75, 3.05) is 16.8 Å². The van der Waals surface area contributed by atoms with Gasteiger partial charge in [0.2, 0.25) is 5.91 Å². The minimum absolute atomic E-state index is 0.0743. The summed E-state index contributed by atoms with van der Waals surface area (Å²) in [7, 11) is 2.06. The SMILES string of the molecule is CC(=O)N1CCC(Nc2cc(-c3ccc4ccn(C)c4c3)c3nccnc3c2)c2ccccc21. The number of nitrogens with zero attached hydrogens (tertiary/aromatic N) is 4. The van der Waals surface area contributed by atoms with Crippen LogP contribution >= 0.6 is 0 Å². The molecule has 2 aromatic heterocycles. The van der Waals surface area contributed by atoms with Gasteiger partial charge in [0, 0.05) is 61.6 Å². The van der Waals surface area contributed by atoms with Crippen LogP contribution in [-0.2, 0) is 11.8 Å². The molecule has 0 spiro atoms. The maximum absolute atomic E-state index is 12.2. The van der Waals surface area contributed by atoms with Crippen molar-refractivity contribution in [3.63, 3.8) is 0 Å². The standard InChI is InChI=1S/C28H25N5O/c1-18(34)33-14-10-24(22-5-3-4-6-26(22)33)31-21-16-23(28-25(17-21)29-11-12-30-28)20-8-7-19-9-13-32(2)27(19)15-20/h3-9,11-13,15-17,24,31H,10,14H2,1-2H3. The van der Waals surface area contributed by atoms with Gasteiger partial charge in [-0.15, -0.1) is 0 Å². The topological polar surface area (TPSA) is 63.1 Å². The predicted octanol–water partition coefficient (Wildman–Crippen LogP) is 5.70. The van der Waals surface area contributed by atoms with Crippen LogP contribution in [0.3, 0.4) is 0 Å². The van der Waals surface area contributed by atoms with Crippen molar-refractivity contribution in [2.24, 2.45) is 7.05 Å². The highest BCUT2D eigenvalue weighted by atomic mass is 16.2. The summed E-state index contributed by atoms with van der Waals surface area (Å²) in [4.78, 5) is 23.3. The van der Waals surface area contributed by atoms with Gasteiger partial charge in [-0.05, 0) is 53.3 Å². The summed E-state index contributed by atoms with van der Waals surface area (Å²) in [5.74, 6) is 0.0743. The average Bonchev–Trinajstić information content (AvgIpc) is 3.23. The molecule has 0 aliphatic carbocycles. The summed E-state index contributed by atoms with van der Waals surface area (Å²) < 4.78 is 2.13. The fourth-order valence-corrected chi connectivity index (χ4v) is 5.05. The summed E-state index contributed by atoms with van der Waals surface area (Å²) in [6.45, 7) is 2.32. The number of aromatic nitrogens is 3. The molecule has 0 fully saturated rings. The van der Waals surface area contributed by atoms with Gasteiger partial charge in [0.25, 0.3) is 0 Å². The van der Waals surface area contributed by atoms with E-state index in [0.29, 0.717) is 6.54 Å². The molecular formula is C28H25N5O. The third-order valence-corrected chi connectivity index (χ3v) is 6.74. The lowest BCUT2D eigenvalue weighted by Crippen LogP contribution is -2.36. The van der Waals surface area contributed by atoms with E-state index in [-0.39, 0.29) is 11.9 Å². The fraction of sp³-hybridized carbons (Fsp3) is 0.179. The quantitative estimate of drug-likeness (QED) is 0.385. The zero-order valence-electron chi connectivity index (χ0n) is 19.2. The Morgan fingerprint density at radius 2 is 1.88 bits per heavy atom. The van der Waals surface area contributed by atoms with Crippen molar-refractivity contribution < 1.29 is 4.79 Å². The van der Waals surface area contributed by atoms with Gasteiger partial charge in [0.05, 0.1) is 17.1 Å². The molecule has 6 heteroatoms. The summed E-state index contributed by atoms with van der Waals surface area (Å²) in [5.41, 5.74) is 8.17. The van der Waals surface area contributed by atoms with Crippen LogP contribution in [0.25, 0.3) is 33.1 Å². The monoisotopic (exact) mass is 447 g/mol. The molecule has 0 radical (unpaired) electrons. The minimum Gasteiger partial charge on any atom is -0.378 e. The molecule has 0 saturated heterocycles. The van der Waals surface area contributed by atoms with E-state index in [9.17, 15) is 4.79 Å². The number of carbonyl (C=O) groups is 1. The summed E-state index contributed by atoms with van der Waals surface area (Å²) in [6.07, 6.45) is 6.39. The van der Waals surface area contributed by atoms with Crippen molar-refractivity contribution in [3.05, 3.63) is 84.8 Å². The normalized spacial score (nSPS) is 15.5. The second-order valence-corrected chi connectivity index (χ2v) is 8.86. The van der Waals surface area contributed by atoms with E-state index < -0.39 is 0 Å². The molecule has 5 aromatic rings. The molecule has 6 rings (SSSR count). The summed E-state index contributed by atoms with van der Waals surface area (Å²) in [5, 5.41) is 4.94. The van der Waals surface area contributed by atoms with Crippen LogP contribution in [-0.4, -0.2) is 27.0 Å². The highest BCUT2D eigenvalue weighted by Gasteiger charge is 2.27. The first-order valence-electron chi connectivity index (χ1n) is 11.5. The highest BCUT2D eigenvalue weighted by Crippen LogP contribution is 2.38. The molecule has 1 N–H and O–H groups in total. The van der Waals surface area contributed by atoms with E-state index in [1.807, 2.05) is 23.1 Å². The Morgan fingerprint density at radius 3 is 2.76 bits per heavy atom. The molecule has 34 heavy (non-hydrogen) atoms.